The molecule has 0 unspecified atom stereocenters. The Labute approximate surface area is 128 Å². The van der Waals surface area contributed by atoms with Crippen LogP contribution in [0.2, 0.25) is 0 Å². The standard InChI is InChI=1S/C18H17N3O/c1-12-5-4-8-16(19-12)18(22)21-10-9-14-13-6-2-3-7-15(13)20-17(14)11-21/h2-8,20H,9-11H2,1H3. The monoisotopic (exact) mass is 291 g/mol. The Bertz CT molecular complexity index is 866. The molecule has 1 amide bonds. The second kappa shape index (κ2) is 4.98. The smallest absolute Gasteiger partial charge is 0.272 e. The number of aromatic nitrogens is 2. The summed E-state index contributed by atoms with van der Waals surface area (Å²) in [6.07, 6.45) is 0.886. The first kappa shape index (κ1) is 13.1. The van der Waals surface area contributed by atoms with Gasteiger partial charge in [0.25, 0.3) is 5.91 Å². The van der Waals surface area contributed by atoms with Crippen molar-refractivity contribution in [2.24, 2.45) is 0 Å². The van der Waals surface area contributed by atoms with Crippen LogP contribution in [0.4, 0.5) is 0 Å². The van der Waals surface area contributed by atoms with Crippen LogP contribution in [-0.2, 0) is 13.0 Å². The first-order chi connectivity index (χ1) is 10.7. The highest BCUT2D eigenvalue weighted by molar-refractivity contribution is 5.93. The van der Waals surface area contributed by atoms with Crippen molar-refractivity contribution in [3.63, 3.8) is 0 Å². The molecule has 1 aliphatic heterocycles. The molecule has 4 nitrogen and oxygen atoms in total. The number of benzene rings is 1. The fourth-order valence-electron chi connectivity index (χ4n) is 3.19. The Balaban J connectivity index is 1.65. The zero-order chi connectivity index (χ0) is 15.1. The number of hydrogen-bond acceptors (Lipinski definition) is 2. The van der Waals surface area contributed by atoms with Crippen LogP contribution in [0.15, 0.2) is 42.5 Å². The second-order valence-corrected chi connectivity index (χ2v) is 5.77. The quantitative estimate of drug-likeness (QED) is 0.749. The van der Waals surface area contributed by atoms with E-state index in [2.05, 4.69) is 28.2 Å². The van der Waals surface area contributed by atoms with Gasteiger partial charge >= 0.3 is 0 Å². The molecule has 0 bridgehead atoms. The molecule has 0 aliphatic carbocycles. The van der Waals surface area contributed by atoms with Gasteiger partial charge in [-0.25, -0.2) is 4.98 Å². The summed E-state index contributed by atoms with van der Waals surface area (Å²) in [6.45, 7) is 3.27. The predicted octanol–water partition coefficient (Wildman–Crippen LogP) is 3.07. The summed E-state index contributed by atoms with van der Waals surface area (Å²) >= 11 is 0. The Kier molecular flexibility index (Phi) is 2.96. The van der Waals surface area contributed by atoms with Crippen LogP contribution >= 0.6 is 0 Å². The van der Waals surface area contributed by atoms with E-state index >= 15 is 0 Å². The fraction of sp³-hybridized carbons (Fsp3) is 0.222. The number of fused-ring (bicyclic) bond motifs is 3. The topological polar surface area (TPSA) is 49.0 Å². The number of aryl methyl sites for hydroxylation is 1. The van der Waals surface area contributed by atoms with Gasteiger partial charge in [0.15, 0.2) is 0 Å². The molecule has 110 valence electrons. The first-order valence-corrected chi connectivity index (χ1v) is 7.54. The molecular weight excluding hydrogens is 274 g/mol. The fourth-order valence-corrected chi connectivity index (χ4v) is 3.19. The molecule has 1 N–H and O–H groups in total. The third kappa shape index (κ3) is 2.08. The minimum absolute atomic E-state index is 0.00741. The van der Waals surface area contributed by atoms with Crippen molar-refractivity contribution < 1.29 is 4.79 Å². The van der Waals surface area contributed by atoms with Gasteiger partial charge in [0.2, 0.25) is 0 Å². The summed E-state index contributed by atoms with van der Waals surface area (Å²) in [4.78, 5) is 22.3. The van der Waals surface area contributed by atoms with E-state index in [0.29, 0.717) is 12.2 Å². The third-order valence-electron chi connectivity index (χ3n) is 4.28. The molecule has 0 fully saturated rings. The van der Waals surface area contributed by atoms with Crippen molar-refractivity contribution in [3.8, 4) is 0 Å². The van der Waals surface area contributed by atoms with Crippen LogP contribution in [0.3, 0.4) is 0 Å². The number of nitrogens with zero attached hydrogens (tertiary/aromatic N) is 2. The lowest BCUT2D eigenvalue weighted by molar-refractivity contribution is 0.0727. The highest BCUT2D eigenvalue weighted by atomic mass is 16.2. The molecule has 0 atom stereocenters. The lowest BCUT2D eigenvalue weighted by Crippen LogP contribution is -2.36. The van der Waals surface area contributed by atoms with E-state index in [1.54, 1.807) is 6.07 Å². The Morgan fingerprint density at radius 1 is 1.18 bits per heavy atom. The number of rotatable bonds is 1. The van der Waals surface area contributed by atoms with E-state index in [0.717, 1.165) is 29.9 Å². The van der Waals surface area contributed by atoms with Gasteiger partial charge in [-0.1, -0.05) is 24.3 Å². The van der Waals surface area contributed by atoms with Gasteiger partial charge in [-0.2, -0.15) is 0 Å². The van der Waals surface area contributed by atoms with Crippen LogP contribution < -0.4 is 0 Å². The maximum atomic E-state index is 12.6. The molecule has 0 saturated heterocycles. The normalized spacial score (nSPS) is 14.1. The number of nitrogens with one attached hydrogen (secondary N) is 1. The molecule has 0 spiro atoms. The zero-order valence-electron chi connectivity index (χ0n) is 12.5. The van der Waals surface area contributed by atoms with Gasteiger partial charge in [-0.05, 0) is 37.1 Å². The average Bonchev–Trinajstić information content (AvgIpc) is 2.91. The molecular formula is C18H17N3O. The number of carbonyl (C=O) groups is 1. The second-order valence-electron chi connectivity index (χ2n) is 5.77. The van der Waals surface area contributed by atoms with Crippen molar-refractivity contribution in [2.45, 2.75) is 19.9 Å². The number of carbonyl (C=O) groups excluding carboxylic acids is 1. The van der Waals surface area contributed by atoms with Crippen molar-refractivity contribution in [1.29, 1.82) is 0 Å². The summed E-state index contributed by atoms with van der Waals surface area (Å²) in [5, 5.41) is 1.28. The van der Waals surface area contributed by atoms with Crippen LogP contribution in [-0.4, -0.2) is 27.3 Å². The lowest BCUT2D eigenvalue weighted by atomic mass is 10.0. The summed E-state index contributed by atoms with van der Waals surface area (Å²) in [7, 11) is 0. The molecule has 3 aromatic rings. The molecule has 3 heterocycles. The Morgan fingerprint density at radius 2 is 2.05 bits per heavy atom. The van der Waals surface area contributed by atoms with Crippen LogP contribution in [0.5, 0.6) is 0 Å². The molecule has 22 heavy (non-hydrogen) atoms. The number of H-pyrrole nitrogens is 1. The van der Waals surface area contributed by atoms with Gasteiger partial charge < -0.3 is 9.88 Å². The summed E-state index contributed by atoms with van der Waals surface area (Å²) in [6, 6.07) is 13.9. The summed E-state index contributed by atoms with van der Waals surface area (Å²) in [5.41, 5.74) is 5.04. The number of para-hydroxylation sites is 1. The number of pyridine rings is 1. The molecule has 1 aromatic carbocycles. The first-order valence-electron chi connectivity index (χ1n) is 7.54. The van der Waals surface area contributed by atoms with Crippen LogP contribution in [0.1, 0.15) is 27.4 Å². The zero-order valence-corrected chi connectivity index (χ0v) is 12.5. The summed E-state index contributed by atoms with van der Waals surface area (Å²) in [5.74, 6) is 0.00741. The number of hydrogen-bond donors (Lipinski definition) is 1. The van der Waals surface area contributed by atoms with E-state index in [1.165, 1.54) is 10.9 Å². The maximum Gasteiger partial charge on any atom is 0.272 e. The van der Waals surface area contributed by atoms with Gasteiger partial charge in [0.05, 0.1) is 6.54 Å². The van der Waals surface area contributed by atoms with Crippen LogP contribution in [0, 0.1) is 6.92 Å². The number of aromatic amines is 1. The third-order valence-corrected chi connectivity index (χ3v) is 4.28. The number of amides is 1. The van der Waals surface area contributed by atoms with Crippen molar-refractivity contribution in [1.82, 2.24) is 14.9 Å². The lowest BCUT2D eigenvalue weighted by Gasteiger charge is -2.27. The van der Waals surface area contributed by atoms with Crippen molar-refractivity contribution in [2.75, 3.05) is 6.54 Å². The molecule has 0 radical (unpaired) electrons. The largest absolute Gasteiger partial charge is 0.357 e. The van der Waals surface area contributed by atoms with E-state index in [9.17, 15) is 4.79 Å². The highest BCUT2D eigenvalue weighted by Gasteiger charge is 2.25. The Hall–Kier alpha value is -2.62. The maximum absolute atomic E-state index is 12.6. The SMILES string of the molecule is Cc1cccc(C(=O)N2CCc3c([nH]c4ccccc34)C2)n1. The van der Waals surface area contributed by atoms with Gasteiger partial charge in [0.1, 0.15) is 5.69 Å². The van der Waals surface area contributed by atoms with E-state index in [1.807, 2.05) is 30.0 Å². The Morgan fingerprint density at radius 3 is 2.91 bits per heavy atom. The van der Waals surface area contributed by atoms with E-state index in [4.69, 9.17) is 0 Å². The van der Waals surface area contributed by atoms with E-state index in [-0.39, 0.29) is 5.91 Å². The summed E-state index contributed by atoms with van der Waals surface area (Å²) < 4.78 is 0. The molecule has 0 saturated carbocycles. The minimum Gasteiger partial charge on any atom is -0.357 e. The van der Waals surface area contributed by atoms with Gasteiger partial charge in [-0.3, -0.25) is 4.79 Å². The van der Waals surface area contributed by atoms with Crippen molar-refractivity contribution >= 4 is 16.8 Å². The van der Waals surface area contributed by atoms with Crippen molar-refractivity contribution in [3.05, 3.63) is 65.1 Å². The van der Waals surface area contributed by atoms with Gasteiger partial charge in [0, 0.05) is 28.8 Å². The predicted molar refractivity (Wildman–Crippen MR) is 85.7 cm³/mol. The molecule has 1 aliphatic rings. The van der Waals surface area contributed by atoms with E-state index < -0.39 is 0 Å². The minimum atomic E-state index is 0.00741. The molecule has 2 aromatic heterocycles. The highest BCUT2D eigenvalue weighted by Crippen LogP contribution is 2.27. The average molecular weight is 291 g/mol. The van der Waals surface area contributed by atoms with Crippen LogP contribution in [0.25, 0.3) is 10.9 Å². The molecule has 4 heteroatoms. The van der Waals surface area contributed by atoms with Gasteiger partial charge in [-0.15, -0.1) is 0 Å². The molecule has 4 rings (SSSR count).